The van der Waals surface area contributed by atoms with Gasteiger partial charge in [-0.05, 0) is 43.9 Å². The lowest BCUT2D eigenvalue weighted by atomic mass is 9.99. The first-order chi connectivity index (χ1) is 8.58. The predicted molar refractivity (Wildman–Crippen MR) is 72.9 cm³/mol. The summed E-state index contributed by atoms with van der Waals surface area (Å²) >= 11 is 0. The molecule has 1 aromatic carbocycles. The molecule has 1 atom stereocenters. The summed E-state index contributed by atoms with van der Waals surface area (Å²) in [6.07, 6.45) is 5.02. The smallest absolute Gasteiger partial charge is 0.337 e. The molecule has 0 amide bonds. The maximum Gasteiger partial charge on any atom is 0.337 e. The van der Waals surface area contributed by atoms with Crippen LogP contribution in [0.3, 0.4) is 0 Å². The van der Waals surface area contributed by atoms with Crippen molar-refractivity contribution in [2.45, 2.75) is 38.6 Å². The summed E-state index contributed by atoms with van der Waals surface area (Å²) in [5, 5.41) is 12.5. The second-order valence-electron chi connectivity index (χ2n) is 5.09. The van der Waals surface area contributed by atoms with Crippen LogP contribution in [0.5, 0.6) is 0 Å². The van der Waals surface area contributed by atoms with Crippen molar-refractivity contribution in [2.24, 2.45) is 5.92 Å². The number of rotatable bonds is 4. The second-order valence-corrected chi connectivity index (χ2v) is 5.09. The highest BCUT2D eigenvalue weighted by molar-refractivity contribution is 5.95. The third-order valence-electron chi connectivity index (χ3n) is 3.76. The molecule has 2 rings (SSSR count). The molecule has 18 heavy (non-hydrogen) atoms. The average molecular weight is 248 g/mol. The highest BCUT2D eigenvalue weighted by Gasteiger charge is 2.22. The van der Waals surface area contributed by atoms with E-state index in [1.807, 2.05) is 0 Å². The van der Waals surface area contributed by atoms with Crippen LogP contribution in [0.1, 0.15) is 43.0 Å². The number of carboxylic acids is 1. The highest BCUT2D eigenvalue weighted by atomic mass is 16.4. The van der Waals surface area contributed by atoms with Crippen LogP contribution in [0.4, 0.5) is 11.4 Å². The Morgan fingerprint density at radius 3 is 2.72 bits per heavy atom. The molecule has 4 nitrogen and oxygen atoms in total. The van der Waals surface area contributed by atoms with Gasteiger partial charge in [-0.1, -0.05) is 12.8 Å². The van der Waals surface area contributed by atoms with Crippen LogP contribution in [-0.2, 0) is 0 Å². The number of nitrogens with one attached hydrogen (secondary N) is 1. The first kappa shape index (κ1) is 12.7. The highest BCUT2D eigenvalue weighted by Crippen LogP contribution is 2.30. The molecule has 0 saturated heterocycles. The van der Waals surface area contributed by atoms with E-state index in [2.05, 4.69) is 12.2 Å². The SMILES string of the molecule is CC(Nc1ccc(N)cc1C(=O)O)C1CCCC1. The van der Waals surface area contributed by atoms with Crippen molar-refractivity contribution in [1.29, 1.82) is 0 Å². The number of hydrogen-bond acceptors (Lipinski definition) is 3. The maximum atomic E-state index is 11.2. The molecule has 0 heterocycles. The zero-order valence-corrected chi connectivity index (χ0v) is 10.6. The molecule has 1 aromatic rings. The predicted octanol–water partition coefficient (Wildman–Crippen LogP) is 2.96. The molecule has 1 aliphatic carbocycles. The fraction of sp³-hybridized carbons (Fsp3) is 0.500. The van der Waals surface area contributed by atoms with E-state index in [0.29, 0.717) is 23.3 Å². The van der Waals surface area contributed by atoms with Gasteiger partial charge in [0.05, 0.1) is 5.56 Å². The molecule has 0 radical (unpaired) electrons. The van der Waals surface area contributed by atoms with Gasteiger partial charge in [0, 0.05) is 17.4 Å². The molecule has 0 spiro atoms. The van der Waals surface area contributed by atoms with Crippen LogP contribution in [0, 0.1) is 5.92 Å². The third kappa shape index (κ3) is 2.75. The van der Waals surface area contributed by atoms with Gasteiger partial charge in [0.1, 0.15) is 0 Å². The van der Waals surface area contributed by atoms with Crippen LogP contribution in [0.25, 0.3) is 0 Å². The Morgan fingerprint density at radius 2 is 2.11 bits per heavy atom. The van der Waals surface area contributed by atoms with Crippen LogP contribution in [0.2, 0.25) is 0 Å². The topological polar surface area (TPSA) is 75.3 Å². The lowest BCUT2D eigenvalue weighted by Gasteiger charge is -2.22. The van der Waals surface area contributed by atoms with E-state index < -0.39 is 5.97 Å². The number of nitrogens with two attached hydrogens (primary N) is 1. The molecule has 1 saturated carbocycles. The maximum absolute atomic E-state index is 11.2. The second kappa shape index (κ2) is 5.29. The van der Waals surface area contributed by atoms with Crippen molar-refractivity contribution in [2.75, 3.05) is 11.1 Å². The summed E-state index contributed by atoms with van der Waals surface area (Å²) in [6.45, 7) is 2.12. The van der Waals surface area contributed by atoms with Crippen LogP contribution in [-0.4, -0.2) is 17.1 Å². The minimum absolute atomic E-state index is 0.250. The summed E-state index contributed by atoms with van der Waals surface area (Å²) in [4.78, 5) is 11.2. The van der Waals surface area contributed by atoms with Gasteiger partial charge in [0.25, 0.3) is 0 Å². The van der Waals surface area contributed by atoms with E-state index in [1.165, 1.54) is 31.7 Å². The molecule has 0 aromatic heterocycles. The fourth-order valence-electron chi connectivity index (χ4n) is 2.69. The minimum Gasteiger partial charge on any atom is -0.478 e. The van der Waals surface area contributed by atoms with Gasteiger partial charge in [-0.3, -0.25) is 0 Å². The summed E-state index contributed by atoms with van der Waals surface area (Å²) in [5.41, 5.74) is 7.02. The number of carbonyl (C=O) groups is 1. The molecule has 1 unspecified atom stereocenters. The number of aromatic carboxylic acids is 1. The number of nitrogen functional groups attached to an aromatic ring is 1. The van der Waals surface area contributed by atoms with Gasteiger partial charge in [-0.2, -0.15) is 0 Å². The van der Waals surface area contributed by atoms with Crippen LogP contribution >= 0.6 is 0 Å². The average Bonchev–Trinajstić information content (AvgIpc) is 2.84. The first-order valence-electron chi connectivity index (χ1n) is 6.47. The number of carboxylic acid groups (broad SMARTS) is 1. The Kier molecular flexibility index (Phi) is 3.75. The van der Waals surface area contributed by atoms with E-state index in [9.17, 15) is 9.90 Å². The van der Waals surface area contributed by atoms with Crippen molar-refractivity contribution in [1.82, 2.24) is 0 Å². The number of anilines is 2. The Morgan fingerprint density at radius 1 is 1.44 bits per heavy atom. The largest absolute Gasteiger partial charge is 0.478 e. The summed E-state index contributed by atoms with van der Waals surface area (Å²) < 4.78 is 0. The van der Waals surface area contributed by atoms with Crippen molar-refractivity contribution in [3.8, 4) is 0 Å². The molecular weight excluding hydrogens is 228 g/mol. The molecular formula is C14H20N2O2. The molecule has 4 N–H and O–H groups in total. The summed E-state index contributed by atoms with van der Waals surface area (Å²) in [6, 6.07) is 5.29. The summed E-state index contributed by atoms with van der Waals surface area (Å²) in [7, 11) is 0. The Labute approximate surface area is 107 Å². The molecule has 0 aliphatic heterocycles. The zero-order valence-electron chi connectivity index (χ0n) is 10.6. The Balaban J connectivity index is 2.15. The Hall–Kier alpha value is -1.71. The van der Waals surface area contributed by atoms with E-state index in [-0.39, 0.29) is 5.56 Å². The Bertz CT molecular complexity index is 439. The van der Waals surface area contributed by atoms with Crippen molar-refractivity contribution < 1.29 is 9.90 Å². The van der Waals surface area contributed by atoms with Crippen molar-refractivity contribution in [3.05, 3.63) is 23.8 Å². The van der Waals surface area contributed by atoms with E-state index >= 15 is 0 Å². The van der Waals surface area contributed by atoms with Gasteiger partial charge in [-0.15, -0.1) is 0 Å². The lowest BCUT2D eigenvalue weighted by Crippen LogP contribution is -2.25. The standard InChI is InChI=1S/C14H20N2O2/c1-9(10-4-2-3-5-10)16-13-7-6-11(15)8-12(13)14(17)18/h6-10,16H,2-5,15H2,1H3,(H,17,18). The third-order valence-corrected chi connectivity index (χ3v) is 3.76. The molecule has 4 heteroatoms. The van der Waals surface area contributed by atoms with Gasteiger partial charge >= 0.3 is 5.97 Å². The van der Waals surface area contributed by atoms with Crippen molar-refractivity contribution >= 4 is 17.3 Å². The van der Waals surface area contributed by atoms with Crippen molar-refractivity contribution in [3.63, 3.8) is 0 Å². The minimum atomic E-state index is -0.941. The zero-order chi connectivity index (χ0) is 13.1. The van der Waals surface area contributed by atoms with Crippen LogP contribution in [0.15, 0.2) is 18.2 Å². The molecule has 0 bridgehead atoms. The van der Waals surface area contributed by atoms with Gasteiger partial charge in [0.2, 0.25) is 0 Å². The molecule has 1 aliphatic rings. The number of benzene rings is 1. The first-order valence-corrected chi connectivity index (χ1v) is 6.47. The van der Waals surface area contributed by atoms with Gasteiger partial charge in [0.15, 0.2) is 0 Å². The normalized spacial score (nSPS) is 17.6. The van der Waals surface area contributed by atoms with Gasteiger partial charge in [-0.25, -0.2) is 4.79 Å². The van der Waals surface area contributed by atoms with E-state index in [1.54, 1.807) is 12.1 Å². The summed E-state index contributed by atoms with van der Waals surface area (Å²) in [5.74, 6) is -0.299. The fourth-order valence-corrected chi connectivity index (χ4v) is 2.69. The monoisotopic (exact) mass is 248 g/mol. The quantitative estimate of drug-likeness (QED) is 0.716. The van der Waals surface area contributed by atoms with Crippen LogP contribution < -0.4 is 11.1 Å². The number of hydrogen-bond donors (Lipinski definition) is 3. The van der Waals surface area contributed by atoms with Gasteiger partial charge < -0.3 is 16.2 Å². The molecule has 1 fully saturated rings. The van der Waals surface area contributed by atoms with E-state index in [0.717, 1.165) is 0 Å². The van der Waals surface area contributed by atoms with E-state index in [4.69, 9.17) is 5.73 Å². The molecule has 98 valence electrons. The lowest BCUT2D eigenvalue weighted by molar-refractivity contribution is 0.0698.